The molecule has 8 heteroatoms. The monoisotopic (exact) mass is 258 g/mol. The summed E-state index contributed by atoms with van der Waals surface area (Å²) >= 11 is 4.61. The van der Waals surface area contributed by atoms with Crippen LogP contribution in [0.1, 0.15) is 13.3 Å². The maximum atomic E-state index is 11.7. The largest absolute Gasteiger partial charge is 0.411 e. The highest BCUT2D eigenvalue weighted by Gasteiger charge is 2.27. The maximum Gasteiger partial charge on any atom is 0.411 e. The first kappa shape index (κ1) is 15.1. The number of carbonyl (C=O) groups is 1. The van der Waals surface area contributed by atoms with Crippen molar-refractivity contribution in [1.29, 1.82) is 0 Å². The summed E-state index contributed by atoms with van der Waals surface area (Å²) in [4.78, 5) is 11.3. The number of nitrogens with two attached hydrogens (primary N) is 1. The van der Waals surface area contributed by atoms with Gasteiger partial charge >= 0.3 is 6.18 Å². The van der Waals surface area contributed by atoms with E-state index in [1.165, 1.54) is 0 Å². The molecule has 0 rings (SSSR count). The molecular weight excluding hydrogens is 245 g/mol. The Balaban J connectivity index is 3.70. The van der Waals surface area contributed by atoms with Gasteiger partial charge in [-0.3, -0.25) is 4.79 Å². The van der Waals surface area contributed by atoms with Crippen LogP contribution in [0.5, 0.6) is 0 Å². The molecule has 1 atom stereocenters. The minimum atomic E-state index is -4.43. The number of alkyl halides is 3. The minimum absolute atomic E-state index is 0.226. The summed E-state index contributed by atoms with van der Waals surface area (Å²) in [5.41, 5.74) is 5.23. The summed E-state index contributed by atoms with van der Waals surface area (Å²) in [6.07, 6.45) is -4.13. The Morgan fingerprint density at radius 2 is 2.12 bits per heavy atom. The Morgan fingerprint density at radius 1 is 1.56 bits per heavy atom. The van der Waals surface area contributed by atoms with Crippen LogP contribution >= 0.6 is 12.2 Å². The van der Waals surface area contributed by atoms with Crippen LogP contribution in [0.3, 0.4) is 0 Å². The molecule has 1 unspecified atom stereocenters. The van der Waals surface area contributed by atoms with E-state index in [1.807, 2.05) is 0 Å². The second-order valence-electron chi connectivity index (χ2n) is 3.25. The van der Waals surface area contributed by atoms with Crippen molar-refractivity contribution in [3.8, 4) is 0 Å². The van der Waals surface area contributed by atoms with Crippen LogP contribution in [0.15, 0.2) is 0 Å². The van der Waals surface area contributed by atoms with Crippen molar-refractivity contribution >= 4 is 23.1 Å². The molecule has 0 radical (unpaired) electrons. The number of thiocarbonyl (C=S) groups is 1. The summed E-state index contributed by atoms with van der Waals surface area (Å²) in [7, 11) is 0. The van der Waals surface area contributed by atoms with Crippen molar-refractivity contribution in [2.45, 2.75) is 25.6 Å². The molecule has 0 aliphatic carbocycles. The second-order valence-corrected chi connectivity index (χ2v) is 3.77. The van der Waals surface area contributed by atoms with Gasteiger partial charge in [0.25, 0.3) is 0 Å². The Kier molecular flexibility index (Phi) is 6.27. The lowest BCUT2D eigenvalue weighted by atomic mass is 10.2. The quantitative estimate of drug-likeness (QED) is 0.690. The number of nitrogens with one attached hydrogen (secondary N) is 1. The van der Waals surface area contributed by atoms with Gasteiger partial charge < -0.3 is 15.8 Å². The lowest BCUT2D eigenvalue weighted by Crippen LogP contribution is -2.38. The van der Waals surface area contributed by atoms with Gasteiger partial charge in [-0.15, -0.1) is 0 Å². The van der Waals surface area contributed by atoms with E-state index >= 15 is 0 Å². The van der Waals surface area contributed by atoms with Gasteiger partial charge in [0.05, 0.1) is 4.99 Å². The summed E-state index contributed by atoms with van der Waals surface area (Å²) in [5.74, 6) is -0.631. The van der Waals surface area contributed by atoms with Gasteiger partial charge in [0.15, 0.2) is 0 Å². The molecule has 16 heavy (non-hydrogen) atoms. The Bertz CT molecular complexity index is 258. The molecule has 0 aromatic heterocycles. The summed E-state index contributed by atoms with van der Waals surface area (Å²) in [6, 6.07) is -0.320. The highest BCUT2D eigenvalue weighted by molar-refractivity contribution is 7.80. The highest BCUT2D eigenvalue weighted by atomic mass is 32.1. The van der Waals surface area contributed by atoms with Crippen LogP contribution in [0, 0.1) is 0 Å². The average Bonchev–Trinajstić information content (AvgIpc) is 1.98. The SMILES string of the molecule is CC(CC(N)=S)NC(=O)COCC(F)(F)F. The molecule has 0 saturated carbocycles. The van der Waals surface area contributed by atoms with E-state index < -0.39 is 25.3 Å². The number of hydrogen-bond donors (Lipinski definition) is 2. The number of halogens is 3. The fourth-order valence-electron chi connectivity index (χ4n) is 0.929. The molecule has 0 bridgehead atoms. The molecule has 3 N–H and O–H groups in total. The van der Waals surface area contributed by atoms with Crippen molar-refractivity contribution in [3.63, 3.8) is 0 Å². The molecule has 0 aromatic rings. The third-order valence-electron chi connectivity index (χ3n) is 1.41. The van der Waals surface area contributed by atoms with Gasteiger partial charge in [0, 0.05) is 12.5 Å². The standard InChI is InChI=1S/C8H13F3N2O2S/c1-5(2-6(12)16)13-7(14)3-15-4-8(9,10)11/h5H,2-4H2,1H3,(H2,12,16)(H,13,14). The summed E-state index contributed by atoms with van der Waals surface area (Å²) in [6.45, 7) is -0.438. The molecular formula is C8H13F3N2O2S. The topological polar surface area (TPSA) is 64.3 Å². The Morgan fingerprint density at radius 3 is 2.56 bits per heavy atom. The zero-order chi connectivity index (χ0) is 12.8. The van der Waals surface area contributed by atoms with Crippen molar-refractivity contribution in [2.24, 2.45) is 5.73 Å². The van der Waals surface area contributed by atoms with Crippen LogP contribution in [0.2, 0.25) is 0 Å². The zero-order valence-electron chi connectivity index (χ0n) is 8.63. The first-order valence-corrected chi connectivity index (χ1v) is 4.83. The fraction of sp³-hybridized carbons (Fsp3) is 0.750. The fourth-order valence-corrected chi connectivity index (χ4v) is 1.18. The summed E-state index contributed by atoms with van der Waals surface area (Å²) in [5, 5.41) is 2.40. The molecule has 0 aliphatic rings. The van der Waals surface area contributed by atoms with Crippen LogP contribution < -0.4 is 11.1 Å². The van der Waals surface area contributed by atoms with Gasteiger partial charge in [-0.05, 0) is 6.92 Å². The van der Waals surface area contributed by atoms with E-state index in [9.17, 15) is 18.0 Å². The highest BCUT2D eigenvalue weighted by Crippen LogP contribution is 2.14. The van der Waals surface area contributed by atoms with E-state index in [4.69, 9.17) is 5.73 Å². The van der Waals surface area contributed by atoms with E-state index in [0.717, 1.165) is 0 Å². The van der Waals surface area contributed by atoms with Gasteiger partial charge in [-0.25, -0.2) is 0 Å². The average molecular weight is 258 g/mol. The minimum Gasteiger partial charge on any atom is -0.393 e. The van der Waals surface area contributed by atoms with Crippen LogP contribution in [-0.2, 0) is 9.53 Å². The molecule has 0 saturated heterocycles. The lowest BCUT2D eigenvalue weighted by molar-refractivity contribution is -0.175. The molecule has 0 aromatic carbocycles. The molecule has 94 valence electrons. The van der Waals surface area contributed by atoms with Crippen LogP contribution in [0.25, 0.3) is 0 Å². The van der Waals surface area contributed by atoms with Gasteiger partial charge in [0.2, 0.25) is 5.91 Å². The predicted octanol–water partition coefficient (Wildman–Crippen LogP) is 0.746. The van der Waals surface area contributed by atoms with Crippen molar-refractivity contribution < 1.29 is 22.7 Å². The van der Waals surface area contributed by atoms with Gasteiger partial charge in [-0.2, -0.15) is 13.2 Å². The number of ether oxygens (including phenoxy) is 1. The van der Waals surface area contributed by atoms with Crippen molar-refractivity contribution in [3.05, 3.63) is 0 Å². The van der Waals surface area contributed by atoms with E-state index in [1.54, 1.807) is 6.92 Å². The number of carbonyl (C=O) groups excluding carboxylic acids is 1. The van der Waals surface area contributed by atoms with E-state index in [-0.39, 0.29) is 11.0 Å². The number of rotatable bonds is 6. The van der Waals surface area contributed by atoms with Crippen molar-refractivity contribution in [2.75, 3.05) is 13.2 Å². The molecule has 1 amide bonds. The third kappa shape index (κ3) is 9.66. The molecule has 0 heterocycles. The number of amides is 1. The number of hydrogen-bond acceptors (Lipinski definition) is 3. The van der Waals surface area contributed by atoms with Gasteiger partial charge in [-0.1, -0.05) is 12.2 Å². The summed E-state index contributed by atoms with van der Waals surface area (Å²) < 4.78 is 39.1. The molecule has 0 aliphatic heterocycles. The predicted molar refractivity (Wildman–Crippen MR) is 55.9 cm³/mol. The molecule has 0 fully saturated rings. The van der Waals surface area contributed by atoms with E-state index in [2.05, 4.69) is 22.3 Å². The Hall–Kier alpha value is -0.890. The zero-order valence-corrected chi connectivity index (χ0v) is 9.45. The lowest BCUT2D eigenvalue weighted by Gasteiger charge is -2.13. The van der Waals surface area contributed by atoms with Crippen LogP contribution in [0.4, 0.5) is 13.2 Å². The van der Waals surface area contributed by atoms with Crippen molar-refractivity contribution in [1.82, 2.24) is 5.32 Å². The smallest absolute Gasteiger partial charge is 0.393 e. The van der Waals surface area contributed by atoms with E-state index in [0.29, 0.717) is 6.42 Å². The molecule has 0 spiro atoms. The normalized spacial score (nSPS) is 13.2. The van der Waals surface area contributed by atoms with Crippen LogP contribution in [-0.4, -0.2) is 36.3 Å². The molecule has 4 nitrogen and oxygen atoms in total. The second kappa shape index (κ2) is 6.64. The first-order chi connectivity index (χ1) is 7.20. The Labute approximate surface area is 96.3 Å². The third-order valence-corrected chi connectivity index (χ3v) is 1.58. The van der Waals surface area contributed by atoms with Gasteiger partial charge in [0.1, 0.15) is 13.2 Å². The first-order valence-electron chi connectivity index (χ1n) is 4.43. The maximum absolute atomic E-state index is 11.7.